The topological polar surface area (TPSA) is 119 Å². The highest BCUT2D eigenvalue weighted by Crippen LogP contribution is 2.37. The minimum atomic E-state index is -1.01. The summed E-state index contributed by atoms with van der Waals surface area (Å²) >= 11 is 1.49. The summed E-state index contributed by atoms with van der Waals surface area (Å²) in [6.45, 7) is 5.24. The molecule has 0 radical (unpaired) electrons. The first kappa shape index (κ1) is 29.1. The Hall–Kier alpha value is -3.92. The van der Waals surface area contributed by atoms with Gasteiger partial charge in [-0.25, -0.2) is 9.10 Å². The number of aromatic carboxylic acids is 1. The number of anilines is 1. The molecule has 4 N–H and O–H groups in total. The summed E-state index contributed by atoms with van der Waals surface area (Å²) in [6.07, 6.45) is 2.08. The van der Waals surface area contributed by atoms with Gasteiger partial charge in [0.2, 0.25) is 6.41 Å². The molecular formula is C31H33N3O5S. The fourth-order valence-corrected chi connectivity index (χ4v) is 5.76. The molecule has 0 aliphatic carbocycles. The van der Waals surface area contributed by atoms with Crippen molar-refractivity contribution in [3.05, 3.63) is 95.1 Å². The Morgan fingerprint density at radius 1 is 1.05 bits per heavy atom. The number of hydrogen-bond acceptors (Lipinski definition) is 6. The van der Waals surface area contributed by atoms with Crippen LogP contribution >= 0.6 is 11.9 Å². The van der Waals surface area contributed by atoms with Gasteiger partial charge < -0.3 is 20.8 Å². The summed E-state index contributed by atoms with van der Waals surface area (Å²) in [4.78, 5) is 36.1. The van der Waals surface area contributed by atoms with Crippen LogP contribution in [-0.4, -0.2) is 58.0 Å². The van der Waals surface area contributed by atoms with E-state index in [0.717, 1.165) is 21.6 Å². The highest BCUT2D eigenvalue weighted by atomic mass is 32.2. The van der Waals surface area contributed by atoms with Crippen LogP contribution in [0.4, 0.5) is 5.69 Å². The van der Waals surface area contributed by atoms with Gasteiger partial charge in [0.15, 0.2) is 0 Å². The fraction of sp³-hybridized carbons (Fsp3) is 0.258. The standard InChI is InChI=1S/C31H33N3O5S/c1-20(2)17-34(18-29(36)28(32-19-35)15-21-6-4-3-5-7-21)40-24-12-13-27-25(16-24)26(30(37)33-27)14-22-8-10-23(11-9-22)31(38)39/h3-14,16,19-20,28-29,36H,15,17-18H2,1-2H3,(H,32,35)(H,33,37)(H,38,39)/b26-14-. The summed E-state index contributed by atoms with van der Waals surface area (Å²) in [5, 5.41) is 25.9. The van der Waals surface area contributed by atoms with E-state index in [0.29, 0.717) is 43.1 Å². The number of fused-ring (bicyclic) bond motifs is 1. The Morgan fingerprint density at radius 2 is 1.77 bits per heavy atom. The predicted octanol–water partition coefficient (Wildman–Crippen LogP) is 4.56. The largest absolute Gasteiger partial charge is 0.478 e. The van der Waals surface area contributed by atoms with Crippen LogP contribution in [0.15, 0.2) is 77.7 Å². The maximum absolute atomic E-state index is 12.8. The summed E-state index contributed by atoms with van der Waals surface area (Å²) in [6, 6.07) is 21.4. The number of carbonyl (C=O) groups is 3. The lowest BCUT2D eigenvalue weighted by molar-refractivity contribution is -0.111. The van der Waals surface area contributed by atoms with Crippen LogP contribution in [0.5, 0.6) is 0 Å². The maximum atomic E-state index is 12.8. The van der Waals surface area contributed by atoms with E-state index in [1.54, 1.807) is 18.2 Å². The molecule has 0 bridgehead atoms. The zero-order valence-electron chi connectivity index (χ0n) is 22.4. The molecule has 0 saturated heterocycles. The molecule has 1 aliphatic heterocycles. The molecule has 0 aromatic heterocycles. The second-order valence-corrected chi connectivity index (χ2v) is 11.3. The van der Waals surface area contributed by atoms with E-state index >= 15 is 0 Å². The number of rotatable bonds is 13. The van der Waals surface area contributed by atoms with E-state index < -0.39 is 18.1 Å². The van der Waals surface area contributed by atoms with Gasteiger partial charge in [-0.1, -0.05) is 56.3 Å². The first-order valence-corrected chi connectivity index (χ1v) is 13.9. The number of nitrogens with one attached hydrogen (secondary N) is 2. The molecule has 0 spiro atoms. The van der Waals surface area contributed by atoms with Crippen molar-refractivity contribution in [1.82, 2.24) is 9.62 Å². The summed E-state index contributed by atoms with van der Waals surface area (Å²) in [5.74, 6) is -0.903. The molecule has 40 heavy (non-hydrogen) atoms. The molecule has 3 aromatic carbocycles. The monoisotopic (exact) mass is 559 g/mol. The number of aliphatic hydroxyl groups excluding tert-OH is 1. The van der Waals surface area contributed by atoms with Gasteiger partial charge in [-0.05, 0) is 71.8 Å². The van der Waals surface area contributed by atoms with Crippen LogP contribution in [0, 0.1) is 5.92 Å². The highest BCUT2D eigenvalue weighted by Gasteiger charge is 2.26. The van der Waals surface area contributed by atoms with Crippen molar-refractivity contribution < 1.29 is 24.6 Å². The molecule has 2 unspecified atom stereocenters. The Labute approximate surface area is 238 Å². The Kier molecular flexibility index (Phi) is 9.76. The van der Waals surface area contributed by atoms with E-state index in [1.165, 1.54) is 24.1 Å². The highest BCUT2D eigenvalue weighted by molar-refractivity contribution is 7.97. The average molecular weight is 560 g/mol. The van der Waals surface area contributed by atoms with Gasteiger partial charge >= 0.3 is 5.97 Å². The number of hydrogen-bond donors (Lipinski definition) is 4. The number of carboxylic acid groups (broad SMARTS) is 1. The first-order chi connectivity index (χ1) is 19.2. The van der Waals surface area contributed by atoms with Crippen molar-refractivity contribution in [2.24, 2.45) is 5.92 Å². The van der Waals surface area contributed by atoms with Crippen molar-refractivity contribution in [3.8, 4) is 0 Å². The van der Waals surface area contributed by atoms with Crippen LogP contribution in [0.2, 0.25) is 0 Å². The van der Waals surface area contributed by atoms with Crippen molar-refractivity contribution >= 4 is 47.6 Å². The van der Waals surface area contributed by atoms with Gasteiger partial charge in [-0.3, -0.25) is 9.59 Å². The smallest absolute Gasteiger partial charge is 0.335 e. The summed E-state index contributed by atoms with van der Waals surface area (Å²) in [7, 11) is 0. The number of carbonyl (C=O) groups excluding carboxylic acids is 2. The zero-order chi connectivity index (χ0) is 28.6. The van der Waals surface area contributed by atoms with Gasteiger partial charge in [0, 0.05) is 34.8 Å². The van der Waals surface area contributed by atoms with E-state index in [2.05, 4.69) is 28.8 Å². The minimum Gasteiger partial charge on any atom is -0.478 e. The van der Waals surface area contributed by atoms with Gasteiger partial charge in [0.1, 0.15) is 0 Å². The first-order valence-electron chi connectivity index (χ1n) is 13.1. The molecule has 2 atom stereocenters. The van der Waals surface area contributed by atoms with Crippen molar-refractivity contribution in [1.29, 1.82) is 0 Å². The molecule has 4 rings (SSSR count). The van der Waals surface area contributed by atoms with Crippen LogP contribution in [-0.2, 0) is 16.0 Å². The summed E-state index contributed by atoms with van der Waals surface area (Å²) in [5.41, 5.74) is 3.88. The molecule has 8 nitrogen and oxygen atoms in total. The van der Waals surface area contributed by atoms with Crippen molar-refractivity contribution in [3.63, 3.8) is 0 Å². The van der Waals surface area contributed by atoms with Gasteiger partial charge in [0.05, 0.1) is 17.7 Å². The second-order valence-electron chi connectivity index (χ2n) is 10.1. The molecule has 3 aromatic rings. The SMILES string of the molecule is CC(C)CN(CC(O)C(Cc1ccccc1)NC=O)Sc1ccc2c(c1)/C(=C/c1ccc(C(=O)O)cc1)C(=O)N2. The van der Waals surface area contributed by atoms with Crippen molar-refractivity contribution in [2.75, 3.05) is 18.4 Å². The van der Waals surface area contributed by atoms with Crippen molar-refractivity contribution in [2.45, 2.75) is 37.3 Å². The van der Waals surface area contributed by atoms with E-state index in [1.807, 2.05) is 48.5 Å². The van der Waals surface area contributed by atoms with Crippen LogP contribution in [0.25, 0.3) is 11.6 Å². The van der Waals surface area contributed by atoms with Gasteiger partial charge in [0.25, 0.3) is 5.91 Å². The van der Waals surface area contributed by atoms with Gasteiger partial charge in [-0.2, -0.15) is 0 Å². The lowest BCUT2D eigenvalue weighted by Gasteiger charge is -2.29. The van der Waals surface area contributed by atoms with Crippen LogP contribution in [0.1, 0.15) is 40.9 Å². The lowest BCUT2D eigenvalue weighted by Crippen LogP contribution is -2.46. The quantitative estimate of drug-likeness (QED) is 0.138. The molecule has 1 aliphatic rings. The number of aliphatic hydroxyl groups is 1. The third-order valence-corrected chi connectivity index (χ3v) is 7.50. The molecule has 9 heteroatoms. The lowest BCUT2D eigenvalue weighted by atomic mass is 10.0. The number of nitrogens with zero attached hydrogens (tertiary/aromatic N) is 1. The zero-order valence-corrected chi connectivity index (χ0v) is 23.2. The van der Waals surface area contributed by atoms with Gasteiger partial charge in [-0.15, -0.1) is 0 Å². The molecule has 2 amide bonds. The molecule has 1 heterocycles. The van der Waals surface area contributed by atoms with Crippen LogP contribution in [0.3, 0.4) is 0 Å². The fourth-order valence-electron chi connectivity index (χ4n) is 4.56. The average Bonchev–Trinajstić information content (AvgIpc) is 3.23. The minimum absolute atomic E-state index is 0.180. The summed E-state index contributed by atoms with van der Waals surface area (Å²) < 4.78 is 2.08. The number of amides is 2. The second kappa shape index (κ2) is 13.4. The molecular weight excluding hydrogens is 526 g/mol. The normalized spacial score (nSPS) is 15.1. The Morgan fingerprint density at radius 3 is 2.42 bits per heavy atom. The van der Waals surface area contributed by atoms with E-state index in [-0.39, 0.29) is 11.5 Å². The van der Waals surface area contributed by atoms with E-state index in [9.17, 15) is 19.5 Å². The molecule has 0 saturated carbocycles. The predicted molar refractivity (Wildman–Crippen MR) is 158 cm³/mol. The Balaban J connectivity index is 1.53. The Bertz CT molecular complexity index is 1380. The number of benzene rings is 3. The number of carboxylic acids is 1. The molecule has 0 fully saturated rings. The third kappa shape index (κ3) is 7.59. The molecule has 208 valence electrons. The third-order valence-electron chi connectivity index (χ3n) is 6.48. The maximum Gasteiger partial charge on any atom is 0.335 e. The van der Waals surface area contributed by atoms with Crippen LogP contribution < -0.4 is 10.6 Å². The van der Waals surface area contributed by atoms with E-state index in [4.69, 9.17) is 5.11 Å².